The van der Waals surface area contributed by atoms with Gasteiger partial charge >= 0.3 is 11.4 Å². The van der Waals surface area contributed by atoms with Crippen molar-refractivity contribution < 1.29 is 0 Å². The highest BCUT2D eigenvalue weighted by Gasteiger charge is 2.00. The molecule has 0 saturated carbocycles. The molecule has 0 aromatic carbocycles. The average Bonchev–Trinajstić information content (AvgIpc) is 1.65. The van der Waals surface area contributed by atoms with Crippen molar-refractivity contribution in [1.82, 2.24) is 0 Å². The van der Waals surface area contributed by atoms with E-state index in [9.17, 15) is 0 Å². The van der Waals surface area contributed by atoms with E-state index < -0.39 is 11.4 Å². The Morgan fingerprint density at radius 1 is 0.875 bits per heavy atom. The summed E-state index contributed by atoms with van der Waals surface area (Å²) >= 11 is 8.39. The molecule has 6 heteroatoms. The molecule has 0 rings (SSSR count). The van der Waals surface area contributed by atoms with E-state index in [0.29, 0.717) is 11.8 Å². The third-order valence-electron chi connectivity index (χ3n) is 0.0714. The van der Waals surface area contributed by atoms with Crippen LogP contribution in [0.2, 0.25) is 0 Å². The fraction of sp³-hybridized carbons (Fsp3) is 1.00. The van der Waals surface area contributed by atoms with Crippen LogP contribution in [0.5, 0.6) is 0 Å². The van der Waals surface area contributed by atoms with Crippen LogP contribution >= 0.6 is 53.3 Å². The molecule has 0 aromatic rings. The number of hydrogen-bond donors (Lipinski definition) is 0. The lowest BCUT2D eigenvalue weighted by molar-refractivity contribution is 1.52. The first kappa shape index (κ1) is 12.6. The van der Waals surface area contributed by atoms with Crippen LogP contribution in [0.4, 0.5) is 0 Å². The Bertz CT molecular complexity index is 26.9. The van der Waals surface area contributed by atoms with E-state index in [0.717, 1.165) is 0 Å². The van der Waals surface area contributed by atoms with Crippen molar-refractivity contribution in [1.29, 1.82) is 0 Å². The van der Waals surface area contributed by atoms with Crippen LogP contribution in [0.1, 0.15) is 0 Å². The van der Waals surface area contributed by atoms with E-state index in [-0.39, 0.29) is 0 Å². The molecule has 0 bridgehead atoms. The molecule has 0 spiro atoms. The minimum atomic E-state index is -1.72. The SMILES string of the molecule is ClCCCl.[Cl][Al]([Cl])[Cl]. The van der Waals surface area contributed by atoms with Gasteiger partial charge in [-0.1, -0.05) is 0 Å². The van der Waals surface area contributed by atoms with Crippen LogP contribution in [0.3, 0.4) is 0 Å². The zero-order valence-electron chi connectivity index (χ0n) is 3.88. The molecule has 0 radical (unpaired) electrons. The zero-order valence-corrected chi connectivity index (χ0v) is 8.82. The molecule has 0 aliphatic rings. The zero-order chi connectivity index (χ0) is 6.99. The molecular weight excluding hydrogens is 228 g/mol. The number of hydrogen-bond acceptors (Lipinski definition) is 0. The summed E-state index contributed by atoms with van der Waals surface area (Å²) in [5, 5.41) is 0. The highest BCUT2D eigenvalue weighted by molar-refractivity contribution is 7.54. The Hall–Kier alpha value is 1.98. The fourth-order valence-electron chi connectivity index (χ4n) is 0. The summed E-state index contributed by atoms with van der Waals surface area (Å²) in [7, 11) is 14.8. The second kappa shape index (κ2) is 11.7. The van der Waals surface area contributed by atoms with Gasteiger partial charge in [0.2, 0.25) is 0 Å². The maximum absolute atomic E-state index is 5.05. The van der Waals surface area contributed by atoms with Gasteiger partial charge < -0.3 is 0 Å². The third-order valence-corrected chi connectivity index (χ3v) is 0.643. The first-order chi connectivity index (χ1) is 3.65. The van der Waals surface area contributed by atoms with Gasteiger partial charge in [-0.3, -0.25) is 0 Å². The quantitative estimate of drug-likeness (QED) is 0.481. The Morgan fingerprint density at radius 2 is 1.00 bits per heavy atom. The lowest BCUT2D eigenvalue weighted by atomic mass is 11.0. The van der Waals surface area contributed by atoms with E-state index in [1.54, 1.807) is 0 Å². The molecular formula is C2H4AlCl5. The van der Waals surface area contributed by atoms with Crippen molar-refractivity contribution in [3.8, 4) is 0 Å². The standard InChI is InChI=1S/C2H4Cl2.Al.3ClH/c3-1-2-4;;;;/h1-2H2;;3*1H/q;+3;;;/p-3. The molecule has 0 nitrogen and oxygen atoms in total. The van der Waals surface area contributed by atoms with Crippen molar-refractivity contribution in [2.75, 3.05) is 11.8 Å². The van der Waals surface area contributed by atoms with Gasteiger partial charge in [0.15, 0.2) is 0 Å². The van der Waals surface area contributed by atoms with Crippen LogP contribution in [0.25, 0.3) is 0 Å². The number of rotatable bonds is 1. The monoisotopic (exact) mass is 230 g/mol. The first-order valence-electron chi connectivity index (χ1n) is 1.69. The largest absolute Gasteiger partial charge is 0.643 e. The summed E-state index contributed by atoms with van der Waals surface area (Å²) in [5.41, 5.74) is 0. The molecule has 0 N–H and O–H groups in total. The van der Waals surface area contributed by atoms with Gasteiger partial charge in [-0.15, -0.1) is 23.2 Å². The van der Waals surface area contributed by atoms with Crippen molar-refractivity contribution in [3.05, 3.63) is 0 Å². The minimum Gasteiger partial charge on any atom is -0.214 e. The summed E-state index contributed by atoms with van der Waals surface area (Å²) in [6, 6.07) is 0. The lowest BCUT2D eigenvalue weighted by Crippen LogP contribution is -1.66. The maximum Gasteiger partial charge on any atom is 0.643 e. The van der Waals surface area contributed by atoms with Gasteiger partial charge in [0.05, 0.1) is 0 Å². The predicted octanol–water partition coefficient (Wildman–Crippen LogP) is 3.15. The van der Waals surface area contributed by atoms with E-state index >= 15 is 0 Å². The lowest BCUT2D eigenvalue weighted by Gasteiger charge is -1.63. The van der Waals surface area contributed by atoms with Gasteiger partial charge in [-0.2, -0.15) is 0 Å². The Balaban J connectivity index is 0. The topological polar surface area (TPSA) is 0 Å². The summed E-state index contributed by atoms with van der Waals surface area (Å²) in [4.78, 5) is 0. The van der Waals surface area contributed by atoms with E-state index in [1.807, 2.05) is 0 Å². The van der Waals surface area contributed by atoms with Crippen molar-refractivity contribution in [2.45, 2.75) is 0 Å². The summed E-state index contributed by atoms with van der Waals surface area (Å²) < 4.78 is 0. The molecule has 0 unspecified atom stereocenters. The first-order valence-corrected chi connectivity index (χ1v) is 8.00. The van der Waals surface area contributed by atoms with Gasteiger partial charge in [-0.05, 0) is 0 Å². The Morgan fingerprint density at radius 3 is 1.00 bits per heavy atom. The second-order valence-electron chi connectivity index (χ2n) is 0.625. The summed E-state index contributed by atoms with van der Waals surface area (Å²) in [6.45, 7) is 0. The van der Waals surface area contributed by atoms with Gasteiger partial charge in [-0.25, -0.2) is 30.1 Å². The fourth-order valence-corrected chi connectivity index (χ4v) is 0. The number of alkyl halides is 2. The third kappa shape index (κ3) is 43.8. The maximum atomic E-state index is 5.05. The molecule has 0 saturated heterocycles. The molecule has 0 heterocycles. The summed E-state index contributed by atoms with van der Waals surface area (Å²) in [5.74, 6) is 1.11. The van der Waals surface area contributed by atoms with E-state index in [4.69, 9.17) is 53.3 Å². The molecule has 0 atom stereocenters. The van der Waals surface area contributed by atoms with Gasteiger partial charge in [0.1, 0.15) is 0 Å². The Kier molecular flexibility index (Phi) is 18.5. The van der Waals surface area contributed by atoms with Crippen LogP contribution in [-0.4, -0.2) is 23.1 Å². The molecule has 50 valence electrons. The number of halogens is 5. The second-order valence-corrected chi connectivity index (χ2v) is 7.81. The average molecular weight is 232 g/mol. The molecule has 8 heavy (non-hydrogen) atoms. The smallest absolute Gasteiger partial charge is 0.214 e. The molecule has 0 aliphatic heterocycles. The minimum absolute atomic E-state index is 0.557. The molecule has 0 amide bonds. The highest BCUT2D eigenvalue weighted by atomic mass is 35.8. The van der Waals surface area contributed by atoms with Crippen molar-refractivity contribution in [2.24, 2.45) is 0 Å². The summed E-state index contributed by atoms with van der Waals surface area (Å²) in [6.07, 6.45) is 0. The van der Waals surface area contributed by atoms with Crippen molar-refractivity contribution in [3.63, 3.8) is 0 Å². The van der Waals surface area contributed by atoms with Crippen LogP contribution in [-0.2, 0) is 0 Å². The predicted molar refractivity (Wildman–Crippen MR) is 44.8 cm³/mol. The van der Waals surface area contributed by atoms with Gasteiger partial charge in [0.25, 0.3) is 0 Å². The van der Waals surface area contributed by atoms with Crippen LogP contribution in [0, 0.1) is 0 Å². The highest BCUT2D eigenvalue weighted by Crippen LogP contribution is 1.97. The Labute approximate surface area is 76.0 Å². The molecule has 0 aromatic heterocycles. The molecule has 0 aliphatic carbocycles. The van der Waals surface area contributed by atoms with Crippen LogP contribution < -0.4 is 0 Å². The van der Waals surface area contributed by atoms with Crippen LogP contribution in [0.15, 0.2) is 0 Å². The van der Waals surface area contributed by atoms with Crippen molar-refractivity contribution >= 4 is 64.7 Å². The normalized spacial score (nSPS) is 7.12. The van der Waals surface area contributed by atoms with Gasteiger partial charge in [0, 0.05) is 11.8 Å². The van der Waals surface area contributed by atoms with E-state index in [2.05, 4.69) is 0 Å². The van der Waals surface area contributed by atoms with E-state index in [1.165, 1.54) is 0 Å². The molecule has 0 fully saturated rings.